The number of carbonyl (C=O) groups is 1. The second-order valence-corrected chi connectivity index (χ2v) is 7.17. The van der Waals surface area contributed by atoms with Crippen molar-refractivity contribution in [1.82, 2.24) is 0 Å². The molecule has 1 fully saturated rings. The van der Waals surface area contributed by atoms with Crippen molar-refractivity contribution in [3.8, 4) is 0 Å². The van der Waals surface area contributed by atoms with Crippen LogP contribution in [0.5, 0.6) is 0 Å². The van der Waals surface area contributed by atoms with E-state index in [1.807, 2.05) is 0 Å². The molecule has 2 aromatic rings. The molecule has 0 aromatic heterocycles. The molecule has 2 aromatic carbocycles. The fourth-order valence-electron chi connectivity index (χ4n) is 1.92. The van der Waals surface area contributed by atoms with Gasteiger partial charge < -0.3 is 4.74 Å². The zero-order valence-electron chi connectivity index (χ0n) is 12.0. The molecule has 0 N–H and O–H groups in total. The maximum atomic E-state index is 10.5. The van der Waals surface area contributed by atoms with E-state index in [-0.39, 0.29) is 5.97 Å². The number of hydrogen-bond donors (Lipinski definition) is 0. The van der Waals surface area contributed by atoms with E-state index >= 15 is 0 Å². The number of cyclic esters (lactones) is 1. The average molecular weight is 347 g/mol. The molecule has 0 aliphatic carbocycles. The van der Waals surface area contributed by atoms with Gasteiger partial charge >= 0.3 is 90.5 Å². The molecule has 0 saturated carbocycles. The van der Waals surface area contributed by atoms with Crippen LogP contribution in [0.4, 0.5) is 0 Å². The molecule has 0 spiro atoms. The van der Waals surface area contributed by atoms with Gasteiger partial charge in [0.25, 0.3) is 0 Å². The third-order valence-electron chi connectivity index (χ3n) is 3.01. The van der Waals surface area contributed by atoms with Crippen LogP contribution in [0.1, 0.15) is 25.7 Å². The normalized spacial score (nSPS) is 14.4. The van der Waals surface area contributed by atoms with Gasteiger partial charge in [-0.05, 0) is 19.3 Å². The van der Waals surface area contributed by atoms with Crippen molar-refractivity contribution in [3.05, 3.63) is 60.7 Å². The van der Waals surface area contributed by atoms with Crippen molar-refractivity contribution in [2.75, 3.05) is 6.61 Å². The minimum atomic E-state index is -0.0255. The predicted octanol–water partition coefficient (Wildman–Crippen LogP) is 2.45. The molecule has 110 valence electrons. The second kappa shape index (κ2) is 9.38. The van der Waals surface area contributed by atoms with Crippen LogP contribution in [0, 0.1) is 0 Å². The maximum absolute atomic E-state index is 10.5. The molecule has 0 amide bonds. The fraction of sp³-hybridized carbons (Fsp3) is 0.278. The van der Waals surface area contributed by atoms with Crippen LogP contribution in [0.15, 0.2) is 60.7 Å². The molecular formula is C18H20O2Se. The third-order valence-corrected chi connectivity index (χ3v) is 5.14. The first kappa shape index (κ1) is 15.8. The van der Waals surface area contributed by atoms with Crippen LogP contribution in [0.2, 0.25) is 0 Å². The Kier molecular flexibility index (Phi) is 7.06. The van der Waals surface area contributed by atoms with E-state index < -0.39 is 0 Å². The summed E-state index contributed by atoms with van der Waals surface area (Å²) in [6.07, 6.45) is 3.83. The van der Waals surface area contributed by atoms with E-state index in [1.54, 1.807) is 0 Å². The van der Waals surface area contributed by atoms with E-state index in [9.17, 15) is 4.79 Å². The molecule has 0 radical (unpaired) electrons. The van der Waals surface area contributed by atoms with Crippen molar-refractivity contribution >= 4 is 29.8 Å². The molecular weight excluding hydrogens is 327 g/mol. The van der Waals surface area contributed by atoms with Crippen molar-refractivity contribution < 1.29 is 9.53 Å². The number of rotatable bonds is 2. The van der Waals surface area contributed by atoms with Crippen LogP contribution in [0.25, 0.3) is 0 Å². The van der Waals surface area contributed by atoms with E-state index in [2.05, 4.69) is 60.7 Å². The summed E-state index contributed by atoms with van der Waals surface area (Å²) in [7, 11) is 0. The van der Waals surface area contributed by atoms with Gasteiger partial charge in [-0.3, -0.25) is 4.79 Å². The summed E-state index contributed by atoms with van der Waals surface area (Å²) in [5, 5.41) is 0. The Morgan fingerprint density at radius 3 is 1.90 bits per heavy atom. The molecule has 0 atom stereocenters. The monoisotopic (exact) mass is 348 g/mol. The number of esters is 1. The van der Waals surface area contributed by atoms with Crippen molar-refractivity contribution in [2.24, 2.45) is 0 Å². The molecule has 1 aliphatic heterocycles. The van der Waals surface area contributed by atoms with Gasteiger partial charge in [-0.2, -0.15) is 0 Å². The van der Waals surface area contributed by atoms with E-state index in [0.717, 1.165) is 19.3 Å². The van der Waals surface area contributed by atoms with E-state index in [0.29, 0.717) is 28.0 Å². The molecule has 2 nitrogen and oxygen atoms in total. The van der Waals surface area contributed by atoms with Gasteiger partial charge in [0.1, 0.15) is 0 Å². The molecule has 3 heteroatoms. The standard InChI is InChI=1S/C12H10Se.C6H10O2/c1-3-7-11(8-4-1)13-12-9-5-2-6-10-12;7-6-4-2-1-3-5-8-6/h1-10H;1-5H2. The number of carbonyl (C=O) groups excluding carboxylic acids is 1. The summed E-state index contributed by atoms with van der Waals surface area (Å²) in [5.74, 6) is -0.0255. The first-order valence-corrected chi connectivity index (χ1v) is 8.99. The van der Waals surface area contributed by atoms with Crippen molar-refractivity contribution in [1.29, 1.82) is 0 Å². The Hall–Kier alpha value is -1.57. The molecule has 21 heavy (non-hydrogen) atoms. The number of benzene rings is 2. The van der Waals surface area contributed by atoms with E-state index in [4.69, 9.17) is 4.74 Å². The molecule has 0 bridgehead atoms. The molecule has 0 unspecified atom stereocenters. The topological polar surface area (TPSA) is 26.3 Å². The molecule has 1 heterocycles. The summed E-state index contributed by atoms with van der Waals surface area (Å²) >= 11 is 0.461. The van der Waals surface area contributed by atoms with E-state index in [1.165, 1.54) is 8.92 Å². The van der Waals surface area contributed by atoms with Crippen LogP contribution >= 0.6 is 0 Å². The first-order chi connectivity index (χ1) is 10.3. The first-order valence-electron chi connectivity index (χ1n) is 7.28. The second-order valence-electron chi connectivity index (χ2n) is 4.76. The Bertz CT molecular complexity index is 478. The Balaban J connectivity index is 0.000000173. The number of ether oxygens (including phenoxy) is 1. The van der Waals surface area contributed by atoms with Gasteiger partial charge in [0.2, 0.25) is 0 Å². The minimum absolute atomic E-state index is 0.0255. The Labute approximate surface area is 132 Å². The summed E-state index contributed by atoms with van der Waals surface area (Å²) in [6, 6.07) is 21.3. The Morgan fingerprint density at radius 2 is 1.33 bits per heavy atom. The van der Waals surface area contributed by atoms with Crippen molar-refractivity contribution in [3.63, 3.8) is 0 Å². The SMILES string of the molecule is O=C1CCCCCO1.c1ccc([Se]c2ccccc2)cc1. The summed E-state index contributed by atoms with van der Waals surface area (Å²) < 4.78 is 7.63. The van der Waals surface area contributed by atoms with Gasteiger partial charge in [-0.15, -0.1) is 0 Å². The van der Waals surface area contributed by atoms with Crippen LogP contribution in [0.3, 0.4) is 0 Å². The summed E-state index contributed by atoms with van der Waals surface area (Å²) in [6.45, 7) is 0.638. The quantitative estimate of drug-likeness (QED) is 0.616. The molecule has 1 saturated heterocycles. The third kappa shape index (κ3) is 6.61. The average Bonchev–Trinajstić information content (AvgIpc) is 2.78. The van der Waals surface area contributed by atoms with Gasteiger partial charge in [-0.25, -0.2) is 0 Å². The van der Waals surface area contributed by atoms with Crippen LogP contribution in [-0.4, -0.2) is 27.5 Å². The van der Waals surface area contributed by atoms with Crippen LogP contribution in [-0.2, 0) is 9.53 Å². The Morgan fingerprint density at radius 1 is 0.762 bits per heavy atom. The fourth-order valence-corrected chi connectivity index (χ4v) is 3.72. The predicted molar refractivity (Wildman–Crippen MR) is 87.3 cm³/mol. The van der Waals surface area contributed by atoms with Gasteiger partial charge in [0, 0.05) is 6.42 Å². The zero-order chi connectivity index (χ0) is 14.8. The summed E-state index contributed by atoms with van der Waals surface area (Å²) in [4.78, 5) is 10.5. The zero-order valence-corrected chi connectivity index (χ0v) is 13.7. The molecule has 1 aliphatic rings. The summed E-state index contributed by atoms with van der Waals surface area (Å²) in [5.41, 5.74) is 0. The van der Waals surface area contributed by atoms with Crippen LogP contribution < -0.4 is 8.92 Å². The van der Waals surface area contributed by atoms with Gasteiger partial charge in [0.05, 0.1) is 6.61 Å². The van der Waals surface area contributed by atoms with Gasteiger partial charge in [0.15, 0.2) is 0 Å². The van der Waals surface area contributed by atoms with Crippen molar-refractivity contribution in [2.45, 2.75) is 25.7 Å². The number of hydrogen-bond acceptors (Lipinski definition) is 2. The van der Waals surface area contributed by atoms with Gasteiger partial charge in [-0.1, -0.05) is 0 Å². The molecule has 3 rings (SSSR count).